The van der Waals surface area contributed by atoms with Gasteiger partial charge in [0.2, 0.25) is 0 Å². The normalized spacial score (nSPS) is 17.2. The minimum atomic E-state index is -1.80. The first-order valence-corrected chi connectivity index (χ1v) is 24.4. The minimum absolute atomic E-state index is 0.000254. The molecule has 6 aromatic rings. The number of aromatic amines is 1. The minimum Gasteiger partial charge on any atom is -0.497 e. The van der Waals surface area contributed by atoms with Crippen molar-refractivity contribution in [3.8, 4) is 17.6 Å². The number of aryl methyl sites for hydroxylation is 1. The van der Waals surface area contributed by atoms with Crippen molar-refractivity contribution < 1.29 is 28.0 Å². The first kappa shape index (κ1) is 49.6. The van der Waals surface area contributed by atoms with Gasteiger partial charge in [-0.2, -0.15) is 5.26 Å². The van der Waals surface area contributed by atoms with Crippen molar-refractivity contribution in [2.45, 2.75) is 103 Å². The van der Waals surface area contributed by atoms with Gasteiger partial charge in [0.25, 0.3) is 14.1 Å². The Morgan fingerprint density at radius 1 is 0.896 bits per heavy atom. The summed E-state index contributed by atoms with van der Waals surface area (Å²) in [6.07, 6.45) is 0.550. The highest BCUT2D eigenvalue weighted by molar-refractivity contribution is 14.1. The highest BCUT2D eigenvalue weighted by atomic mass is 127. The highest BCUT2D eigenvalue weighted by Crippen LogP contribution is 2.52. The number of nitrogens with zero attached hydrogens (tertiary/aromatic N) is 6. The van der Waals surface area contributed by atoms with Crippen molar-refractivity contribution in [3.63, 3.8) is 0 Å². The van der Waals surface area contributed by atoms with Crippen molar-refractivity contribution in [3.05, 3.63) is 173 Å². The van der Waals surface area contributed by atoms with Crippen LogP contribution in [0.1, 0.15) is 80.3 Å². The van der Waals surface area contributed by atoms with E-state index in [4.69, 9.17) is 33.1 Å². The molecule has 0 bridgehead atoms. The summed E-state index contributed by atoms with van der Waals surface area (Å²) < 4.78 is 46.5. The molecule has 0 amide bonds. The summed E-state index contributed by atoms with van der Waals surface area (Å²) in [7, 11) is 1.45. The number of halogens is 1. The fourth-order valence-corrected chi connectivity index (χ4v) is 10.6. The molecule has 2 unspecified atom stereocenters. The van der Waals surface area contributed by atoms with Gasteiger partial charge >= 0.3 is 5.69 Å². The molecule has 0 saturated carbocycles. The Kier molecular flexibility index (Phi) is 16.8. The molecule has 7 rings (SSSR count). The van der Waals surface area contributed by atoms with Crippen molar-refractivity contribution >= 4 is 31.1 Å². The molecular formula is C50H57IN7O8P. The number of benzene rings is 4. The maximum Gasteiger partial charge on any atom is 0.330 e. The Bertz CT molecular complexity index is 2630. The summed E-state index contributed by atoms with van der Waals surface area (Å²) in [6.45, 7) is 10.6. The average molecular weight is 1040 g/mol. The summed E-state index contributed by atoms with van der Waals surface area (Å²) >= 11 is 2.29. The van der Waals surface area contributed by atoms with Crippen molar-refractivity contribution in [1.82, 2.24) is 29.2 Å². The Morgan fingerprint density at radius 3 is 2.09 bits per heavy atom. The molecule has 1 saturated heterocycles. The van der Waals surface area contributed by atoms with Gasteiger partial charge < -0.3 is 28.0 Å². The Labute approximate surface area is 406 Å². The second kappa shape index (κ2) is 22.7. The zero-order chi connectivity index (χ0) is 47.7. The van der Waals surface area contributed by atoms with E-state index >= 15 is 0 Å². The molecule has 1 N–H and O–H groups in total. The number of nitriles is 1. The van der Waals surface area contributed by atoms with E-state index in [2.05, 4.69) is 95.5 Å². The van der Waals surface area contributed by atoms with Crippen LogP contribution in [-0.2, 0) is 37.1 Å². The number of H-pyrrole nitrogens is 1. The SMILES string of the molecule is COc1ccc(C(OC(Cc2cn(Cc3ccc(I)cc3)nn2)[C@H]2O[C@@H](n3cc(C)c(=O)[nH]c3=O)C[C@@H]2OP(OCCC#N)N(C(C)C)C(C)C)(c2ccccc2)c2ccc(OC)cc2)cc1. The lowest BCUT2D eigenvalue weighted by Gasteiger charge is -2.42. The summed E-state index contributed by atoms with van der Waals surface area (Å²) in [5.41, 5.74) is 2.04. The van der Waals surface area contributed by atoms with E-state index < -0.39 is 49.9 Å². The van der Waals surface area contributed by atoms with Crippen LogP contribution >= 0.6 is 31.1 Å². The van der Waals surface area contributed by atoms with Crippen LogP contribution in [0.3, 0.4) is 0 Å². The number of hydrogen-bond donors (Lipinski definition) is 1. The van der Waals surface area contributed by atoms with E-state index in [1.807, 2.05) is 85.1 Å². The van der Waals surface area contributed by atoms with Crippen LogP contribution in [0.25, 0.3) is 0 Å². The third-order valence-corrected chi connectivity index (χ3v) is 14.5. The number of rotatable bonds is 21. The molecule has 2 aromatic heterocycles. The molecular weight excluding hydrogens is 984 g/mol. The number of nitrogens with one attached hydrogen (secondary N) is 1. The molecule has 15 nitrogen and oxygen atoms in total. The standard InChI is InChI=1S/C50H57IN7O8P/c1-33(2)58(34(3)4)67(63-27-11-26-52)66-45-29-46(57-30-35(5)48(59)53-49(57)60)64-47(45)44(28-41-32-56(55-54-41)31-36-14-20-40(51)21-15-36)65-50(37-12-9-8-10-13-37,38-16-22-42(61-6)23-17-38)39-18-24-43(62-7)25-19-39/h8-10,12-25,30,32-34,44-47H,11,27-29,31H2,1-7H3,(H,53,59,60)/t44?,45-,46+,47+,67?/m0/s1. The first-order chi connectivity index (χ1) is 32.3. The fourth-order valence-electron chi connectivity index (χ4n) is 8.45. The van der Waals surface area contributed by atoms with Gasteiger partial charge in [0.15, 0.2) is 0 Å². The van der Waals surface area contributed by atoms with Crippen LogP contribution in [0.2, 0.25) is 0 Å². The molecule has 1 fully saturated rings. The van der Waals surface area contributed by atoms with E-state index in [1.54, 1.807) is 25.8 Å². The molecule has 5 atom stereocenters. The van der Waals surface area contributed by atoms with Crippen LogP contribution < -0.4 is 20.7 Å². The highest BCUT2D eigenvalue weighted by Gasteiger charge is 2.50. The zero-order valence-electron chi connectivity index (χ0n) is 38.7. The van der Waals surface area contributed by atoms with Crippen LogP contribution in [0.15, 0.2) is 125 Å². The molecule has 0 aliphatic carbocycles. The summed E-state index contributed by atoms with van der Waals surface area (Å²) in [5, 5.41) is 18.8. The second-order valence-corrected chi connectivity index (χ2v) is 19.5. The van der Waals surface area contributed by atoms with Crippen LogP contribution in [0.4, 0.5) is 0 Å². The Hall–Kier alpha value is -5.25. The van der Waals surface area contributed by atoms with Crippen molar-refractivity contribution in [1.29, 1.82) is 5.26 Å². The molecule has 0 spiro atoms. The zero-order valence-corrected chi connectivity index (χ0v) is 41.8. The molecule has 352 valence electrons. The van der Waals surface area contributed by atoms with Gasteiger partial charge in [-0.25, -0.2) is 14.1 Å². The Balaban J connectivity index is 1.43. The molecule has 0 radical (unpaired) electrons. The monoisotopic (exact) mass is 1040 g/mol. The van der Waals surface area contributed by atoms with E-state index in [0.717, 1.165) is 25.8 Å². The fraction of sp³-hybridized carbons (Fsp3) is 0.380. The van der Waals surface area contributed by atoms with Crippen LogP contribution in [-0.4, -0.2) is 80.4 Å². The summed E-state index contributed by atoms with van der Waals surface area (Å²) in [5.74, 6) is 1.34. The van der Waals surface area contributed by atoms with Gasteiger partial charge in [0.1, 0.15) is 29.4 Å². The average Bonchev–Trinajstić information content (AvgIpc) is 3.96. The molecule has 67 heavy (non-hydrogen) atoms. The predicted octanol–water partition coefficient (Wildman–Crippen LogP) is 8.68. The number of ether oxygens (including phenoxy) is 4. The molecule has 17 heteroatoms. The molecule has 4 aromatic carbocycles. The van der Waals surface area contributed by atoms with E-state index in [0.29, 0.717) is 29.3 Å². The predicted molar refractivity (Wildman–Crippen MR) is 264 cm³/mol. The smallest absolute Gasteiger partial charge is 0.330 e. The largest absolute Gasteiger partial charge is 0.497 e. The number of hydrogen-bond acceptors (Lipinski definition) is 12. The second-order valence-electron chi connectivity index (χ2n) is 16.9. The number of methoxy groups -OCH3 is 2. The third-order valence-electron chi connectivity index (χ3n) is 11.6. The summed E-state index contributed by atoms with van der Waals surface area (Å²) in [6, 6.07) is 36.0. The Morgan fingerprint density at radius 2 is 1.51 bits per heavy atom. The number of aromatic nitrogens is 5. The first-order valence-electron chi connectivity index (χ1n) is 22.2. The topological polar surface area (TPSA) is 168 Å². The van der Waals surface area contributed by atoms with Crippen molar-refractivity contribution in [2.75, 3.05) is 20.8 Å². The van der Waals surface area contributed by atoms with Gasteiger partial charge in [0, 0.05) is 46.5 Å². The van der Waals surface area contributed by atoms with Gasteiger partial charge in [-0.05, 0) is 116 Å². The lowest BCUT2D eigenvalue weighted by molar-refractivity contribution is -0.142. The third kappa shape index (κ3) is 11.7. The maximum absolute atomic E-state index is 13.7. The lowest BCUT2D eigenvalue weighted by Crippen LogP contribution is -2.46. The molecule has 1 aliphatic rings. The quantitative estimate of drug-likeness (QED) is 0.0316. The van der Waals surface area contributed by atoms with Gasteiger partial charge in [-0.1, -0.05) is 71.9 Å². The maximum atomic E-state index is 13.7. The molecule has 3 heterocycles. The van der Waals surface area contributed by atoms with E-state index in [1.165, 1.54) is 10.8 Å². The lowest BCUT2D eigenvalue weighted by atomic mass is 9.79. The van der Waals surface area contributed by atoms with Gasteiger partial charge in [-0.3, -0.25) is 14.3 Å². The van der Waals surface area contributed by atoms with Crippen LogP contribution in [0.5, 0.6) is 11.5 Å². The van der Waals surface area contributed by atoms with E-state index in [9.17, 15) is 14.9 Å². The van der Waals surface area contributed by atoms with E-state index in [-0.39, 0.29) is 38.0 Å². The van der Waals surface area contributed by atoms with Crippen molar-refractivity contribution in [2.24, 2.45) is 0 Å². The van der Waals surface area contributed by atoms with Gasteiger partial charge in [-0.15, -0.1) is 5.10 Å². The van der Waals surface area contributed by atoms with Crippen LogP contribution in [0, 0.1) is 21.8 Å². The van der Waals surface area contributed by atoms with Gasteiger partial charge in [0.05, 0.1) is 57.8 Å². The molecule has 1 aliphatic heterocycles. The summed E-state index contributed by atoms with van der Waals surface area (Å²) in [4.78, 5) is 28.8.